The monoisotopic (exact) mass is 453 g/mol. The van der Waals surface area contributed by atoms with Gasteiger partial charge < -0.3 is 20.1 Å². The van der Waals surface area contributed by atoms with Crippen LogP contribution in [0.25, 0.3) is 0 Å². The number of nitrogens with one attached hydrogen (secondary N) is 2. The summed E-state index contributed by atoms with van der Waals surface area (Å²) in [5.41, 5.74) is 0.292. The first kappa shape index (κ1) is 22.2. The second-order valence-corrected chi connectivity index (χ2v) is 9.17. The zero-order valence-electron chi connectivity index (χ0n) is 16.4. The smallest absolute Gasteiger partial charge is 0.261 e. The number of anilines is 1. The summed E-state index contributed by atoms with van der Waals surface area (Å²) in [6, 6.07) is 7.84. The molecular formula is C19H23N3O6S2. The van der Waals surface area contributed by atoms with E-state index in [4.69, 9.17) is 9.47 Å². The molecular weight excluding hydrogens is 430 g/mol. The van der Waals surface area contributed by atoms with Crippen LogP contribution in [0, 0.1) is 0 Å². The molecule has 9 nitrogen and oxygen atoms in total. The van der Waals surface area contributed by atoms with Crippen LogP contribution in [0.5, 0.6) is 5.75 Å². The van der Waals surface area contributed by atoms with Gasteiger partial charge in [-0.2, -0.15) is 4.31 Å². The van der Waals surface area contributed by atoms with E-state index in [1.807, 2.05) is 0 Å². The number of hydrogen-bond donors (Lipinski definition) is 2. The van der Waals surface area contributed by atoms with E-state index in [9.17, 15) is 18.0 Å². The van der Waals surface area contributed by atoms with Crippen molar-refractivity contribution in [3.8, 4) is 5.75 Å². The number of thiophene rings is 1. The van der Waals surface area contributed by atoms with Gasteiger partial charge in [0.15, 0.2) is 0 Å². The second-order valence-electron chi connectivity index (χ2n) is 6.32. The van der Waals surface area contributed by atoms with Gasteiger partial charge in [-0.15, -0.1) is 11.3 Å². The highest BCUT2D eigenvalue weighted by molar-refractivity contribution is 7.89. The van der Waals surface area contributed by atoms with E-state index in [0.29, 0.717) is 30.4 Å². The van der Waals surface area contributed by atoms with Gasteiger partial charge in [-0.1, -0.05) is 6.07 Å². The van der Waals surface area contributed by atoms with Gasteiger partial charge >= 0.3 is 0 Å². The van der Waals surface area contributed by atoms with Crippen LogP contribution in [-0.2, 0) is 19.6 Å². The number of sulfonamides is 1. The van der Waals surface area contributed by atoms with Crippen LogP contribution in [0.4, 0.5) is 5.69 Å². The average Bonchev–Trinajstić information content (AvgIpc) is 3.29. The molecule has 30 heavy (non-hydrogen) atoms. The molecule has 11 heteroatoms. The van der Waals surface area contributed by atoms with Gasteiger partial charge in [0.1, 0.15) is 10.6 Å². The maximum atomic E-state index is 13.1. The lowest BCUT2D eigenvalue weighted by Crippen LogP contribution is -2.40. The molecule has 1 aliphatic rings. The Labute approximate surface area is 179 Å². The largest absolute Gasteiger partial charge is 0.492 e. The Kier molecular flexibility index (Phi) is 7.43. The van der Waals surface area contributed by atoms with E-state index >= 15 is 0 Å². The summed E-state index contributed by atoms with van der Waals surface area (Å²) < 4.78 is 38.2. The Morgan fingerprint density at radius 2 is 2.00 bits per heavy atom. The molecule has 2 N–H and O–H groups in total. The Bertz CT molecular complexity index is 986. The maximum Gasteiger partial charge on any atom is 0.261 e. The Morgan fingerprint density at radius 3 is 2.67 bits per heavy atom. The molecule has 1 saturated heterocycles. The van der Waals surface area contributed by atoms with Crippen molar-refractivity contribution in [1.82, 2.24) is 9.62 Å². The van der Waals surface area contributed by atoms with E-state index in [2.05, 4.69) is 10.6 Å². The maximum absolute atomic E-state index is 13.1. The van der Waals surface area contributed by atoms with Gasteiger partial charge in [-0.3, -0.25) is 9.59 Å². The second kappa shape index (κ2) is 10.0. The number of carbonyl (C=O) groups is 2. The van der Waals surface area contributed by atoms with E-state index in [0.717, 1.165) is 0 Å². The van der Waals surface area contributed by atoms with Crippen molar-refractivity contribution in [3.05, 3.63) is 40.6 Å². The molecule has 0 aliphatic carbocycles. The number of amides is 2. The van der Waals surface area contributed by atoms with Crippen molar-refractivity contribution in [2.75, 3.05) is 44.8 Å². The Hall–Kier alpha value is -2.47. The molecule has 0 unspecified atom stereocenters. The summed E-state index contributed by atoms with van der Waals surface area (Å²) in [6.45, 7) is 2.96. The first-order valence-corrected chi connectivity index (χ1v) is 11.7. The number of carbonyl (C=O) groups excluding carboxylic acids is 2. The summed E-state index contributed by atoms with van der Waals surface area (Å²) in [7, 11) is -3.82. The fourth-order valence-electron chi connectivity index (χ4n) is 2.85. The van der Waals surface area contributed by atoms with E-state index in [1.54, 1.807) is 30.5 Å². The topological polar surface area (TPSA) is 114 Å². The number of ether oxygens (including phenoxy) is 2. The third-order valence-electron chi connectivity index (χ3n) is 4.27. The van der Waals surface area contributed by atoms with E-state index in [1.165, 1.54) is 27.8 Å². The predicted molar refractivity (Wildman–Crippen MR) is 112 cm³/mol. The molecule has 0 bridgehead atoms. The highest BCUT2D eigenvalue weighted by atomic mass is 32.2. The van der Waals surface area contributed by atoms with Crippen molar-refractivity contribution in [3.63, 3.8) is 0 Å². The van der Waals surface area contributed by atoms with Crippen LogP contribution in [0.3, 0.4) is 0 Å². The van der Waals surface area contributed by atoms with Crippen LogP contribution >= 0.6 is 11.3 Å². The van der Waals surface area contributed by atoms with Crippen LogP contribution < -0.4 is 15.4 Å². The lowest BCUT2D eigenvalue weighted by molar-refractivity contribution is -0.115. The summed E-state index contributed by atoms with van der Waals surface area (Å²) in [6.07, 6.45) is 0. The Morgan fingerprint density at radius 1 is 1.23 bits per heavy atom. The number of benzene rings is 1. The predicted octanol–water partition coefficient (Wildman–Crippen LogP) is 1.54. The molecule has 1 aromatic carbocycles. The number of rotatable bonds is 8. The number of morpholine rings is 1. The highest BCUT2D eigenvalue weighted by Gasteiger charge is 2.29. The lowest BCUT2D eigenvalue weighted by atomic mass is 10.3. The van der Waals surface area contributed by atoms with Crippen molar-refractivity contribution in [2.24, 2.45) is 0 Å². The minimum Gasteiger partial charge on any atom is -0.492 e. The zero-order chi connectivity index (χ0) is 21.6. The van der Waals surface area contributed by atoms with Crippen LogP contribution in [-0.4, -0.2) is 64.0 Å². The molecule has 2 heterocycles. The van der Waals surface area contributed by atoms with Crippen molar-refractivity contribution in [2.45, 2.75) is 11.8 Å². The van der Waals surface area contributed by atoms with Gasteiger partial charge in [-0.05, 0) is 36.6 Å². The first-order chi connectivity index (χ1) is 14.4. The Balaban J connectivity index is 1.73. The third-order valence-corrected chi connectivity index (χ3v) is 7.06. The molecule has 0 atom stereocenters. The van der Waals surface area contributed by atoms with Crippen molar-refractivity contribution >= 4 is 38.9 Å². The van der Waals surface area contributed by atoms with Crippen LogP contribution in [0.1, 0.15) is 16.6 Å². The number of hydrogen-bond acceptors (Lipinski definition) is 7. The highest BCUT2D eigenvalue weighted by Crippen LogP contribution is 2.30. The van der Waals surface area contributed by atoms with E-state index in [-0.39, 0.29) is 36.2 Å². The van der Waals surface area contributed by atoms with E-state index < -0.39 is 15.9 Å². The SMILES string of the molecule is CCOc1ccc(NC(=O)CNC(=O)c2cccs2)cc1S(=O)(=O)N1CCOCC1. The molecule has 0 spiro atoms. The van der Waals surface area contributed by atoms with Gasteiger partial charge in [-0.25, -0.2) is 8.42 Å². The molecule has 0 radical (unpaired) electrons. The van der Waals surface area contributed by atoms with Crippen LogP contribution in [0.15, 0.2) is 40.6 Å². The average molecular weight is 454 g/mol. The molecule has 1 aliphatic heterocycles. The van der Waals surface area contributed by atoms with Crippen molar-refractivity contribution < 1.29 is 27.5 Å². The van der Waals surface area contributed by atoms with Gasteiger partial charge in [0.25, 0.3) is 5.91 Å². The van der Waals surface area contributed by atoms with Gasteiger partial charge in [0.05, 0.1) is 31.2 Å². The summed E-state index contributed by atoms with van der Waals surface area (Å²) in [5, 5.41) is 6.91. The van der Waals surface area contributed by atoms with Gasteiger partial charge in [0.2, 0.25) is 15.9 Å². The first-order valence-electron chi connectivity index (χ1n) is 9.38. The fraction of sp³-hybridized carbons (Fsp3) is 0.368. The summed E-state index contributed by atoms with van der Waals surface area (Å²) in [4.78, 5) is 24.7. The molecule has 2 aromatic rings. The molecule has 162 valence electrons. The third kappa shape index (κ3) is 5.36. The summed E-state index contributed by atoms with van der Waals surface area (Å²) >= 11 is 1.27. The standard InChI is InChI=1S/C19H23N3O6S2/c1-2-28-15-6-5-14(12-17(15)30(25,26)22-7-9-27-10-8-22)21-18(23)13-20-19(24)16-4-3-11-29-16/h3-6,11-12H,2,7-10,13H2,1H3,(H,20,24)(H,21,23). The fourth-order valence-corrected chi connectivity index (χ4v) is 5.05. The van der Waals surface area contributed by atoms with Gasteiger partial charge in [0, 0.05) is 18.8 Å². The zero-order valence-corrected chi connectivity index (χ0v) is 18.1. The van der Waals surface area contributed by atoms with Crippen molar-refractivity contribution in [1.29, 1.82) is 0 Å². The minimum atomic E-state index is -3.82. The number of nitrogens with zero attached hydrogens (tertiary/aromatic N) is 1. The lowest BCUT2D eigenvalue weighted by Gasteiger charge is -2.27. The normalized spacial score (nSPS) is 14.8. The summed E-state index contributed by atoms with van der Waals surface area (Å²) in [5.74, 6) is -0.603. The molecule has 1 aromatic heterocycles. The van der Waals surface area contributed by atoms with Crippen LogP contribution in [0.2, 0.25) is 0 Å². The molecule has 1 fully saturated rings. The quantitative estimate of drug-likeness (QED) is 0.627. The molecule has 3 rings (SSSR count). The molecule has 0 saturated carbocycles. The molecule has 2 amide bonds. The minimum absolute atomic E-state index is 0.0216.